The second-order valence-corrected chi connectivity index (χ2v) is 8.48. The van der Waals surface area contributed by atoms with E-state index in [0.29, 0.717) is 0 Å². The van der Waals surface area contributed by atoms with Crippen molar-refractivity contribution < 1.29 is 0 Å². The lowest BCUT2D eigenvalue weighted by Gasteiger charge is -2.19. The van der Waals surface area contributed by atoms with Crippen LogP contribution in [0, 0.1) is 0 Å². The summed E-state index contributed by atoms with van der Waals surface area (Å²) in [6.07, 6.45) is 7.52. The Morgan fingerprint density at radius 1 is 0.692 bits per heavy atom. The number of halogens is 2. The fourth-order valence-corrected chi connectivity index (χ4v) is 3.84. The van der Waals surface area contributed by atoms with E-state index in [1.807, 2.05) is 57.5 Å². The van der Waals surface area contributed by atoms with Crippen LogP contribution in [0.2, 0.25) is 0 Å². The fourth-order valence-electron chi connectivity index (χ4n) is 1.16. The van der Waals surface area contributed by atoms with Crippen LogP contribution in [0.25, 0.3) is 0 Å². The molecule has 0 unspecified atom stereocenters. The molecule has 2 rings (SSSR count). The van der Waals surface area contributed by atoms with E-state index < -0.39 is 7.02 Å². The molecule has 2 aromatic rings. The Morgan fingerprint density at radius 2 is 1.00 bits per heavy atom. The molecule has 0 aliphatic rings. The first-order valence-electron chi connectivity index (χ1n) is 3.86. The Morgan fingerprint density at radius 3 is 1.31 bits per heavy atom. The molecular weight excluding hydrogens is 223 g/mol. The van der Waals surface area contributed by atoms with Gasteiger partial charge >= 0.3 is 7.02 Å². The number of hydrogen-bond acceptors (Lipinski definition) is 0. The van der Waals surface area contributed by atoms with Crippen molar-refractivity contribution in [2.24, 2.45) is 0 Å². The summed E-state index contributed by atoms with van der Waals surface area (Å²) in [5.74, 6) is 0. The minimum Gasteiger partial charge on any atom is -0.339 e. The van der Waals surface area contributed by atoms with Crippen LogP contribution in [0.15, 0.2) is 49.1 Å². The van der Waals surface area contributed by atoms with Crippen LogP contribution >= 0.6 is 22.2 Å². The van der Waals surface area contributed by atoms with Crippen molar-refractivity contribution in [3.05, 3.63) is 49.1 Å². The van der Waals surface area contributed by atoms with E-state index in [9.17, 15) is 0 Å². The van der Waals surface area contributed by atoms with Gasteiger partial charge in [0.2, 0.25) is 0 Å². The lowest BCUT2D eigenvalue weighted by atomic mass is 10.7. The summed E-state index contributed by atoms with van der Waals surface area (Å²) in [6, 6.07) is 7.65. The molecule has 0 saturated carbocycles. The molecule has 5 heteroatoms. The minimum absolute atomic E-state index is 1.86. The zero-order chi connectivity index (χ0) is 9.31. The molecule has 0 bridgehead atoms. The molecule has 0 aliphatic carbocycles. The fraction of sp³-hybridized carbons (Fsp3) is 0. The monoisotopic (exact) mass is 230 g/mol. The maximum Gasteiger partial charge on any atom is 0.477 e. The van der Waals surface area contributed by atoms with Crippen molar-refractivity contribution in [3.63, 3.8) is 0 Å². The maximum atomic E-state index is 6.30. The standard InChI is InChI=1S/C8H8Cl2N2Si/c9-13(10,11-5-1-2-6-11)12-7-3-4-8-12/h1-8H. The molecule has 0 atom stereocenters. The molecule has 0 radical (unpaired) electrons. The topological polar surface area (TPSA) is 9.86 Å². The second-order valence-electron chi connectivity index (χ2n) is 2.69. The lowest BCUT2D eigenvalue weighted by Crippen LogP contribution is -2.38. The predicted octanol–water partition coefficient (Wildman–Crippen LogP) is 2.60. The van der Waals surface area contributed by atoms with E-state index in [1.165, 1.54) is 0 Å². The van der Waals surface area contributed by atoms with Crippen LogP contribution < -0.4 is 0 Å². The van der Waals surface area contributed by atoms with Gasteiger partial charge in [-0.05, 0) is 49.1 Å². The molecule has 2 heterocycles. The molecule has 0 aliphatic heterocycles. The van der Waals surface area contributed by atoms with Crippen LogP contribution in [-0.2, 0) is 0 Å². The Kier molecular flexibility index (Phi) is 2.23. The lowest BCUT2D eigenvalue weighted by molar-refractivity contribution is 1.08. The smallest absolute Gasteiger partial charge is 0.339 e. The van der Waals surface area contributed by atoms with Crippen molar-refractivity contribution in [1.82, 2.24) is 8.47 Å². The Balaban J connectivity index is 2.42. The molecule has 0 saturated heterocycles. The molecule has 0 fully saturated rings. The molecular formula is C8H8Cl2N2Si. The molecule has 0 aromatic carbocycles. The summed E-state index contributed by atoms with van der Waals surface area (Å²) in [7, 11) is -2.57. The Bertz CT molecular complexity index is 331. The normalized spacial score (nSPS) is 11.8. The average molecular weight is 231 g/mol. The number of aromatic nitrogens is 2. The highest BCUT2D eigenvalue weighted by atomic mass is 35.7. The van der Waals surface area contributed by atoms with Crippen LogP contribution in [0.4, 0.5) is 0 Å². The van der Waals surface area contributed by atoms with Gasteiger partial charge in [0.05, 0.1) is 0 Å². The van der Waals surface area contributed by atoms with Gasteiger partial charge in [0.1, 0.15) is 0 Å². The third kappa shape index (κ3) is 1.55. The molecule has 13 heavy (non-hydrogen) atoms. The van der Waals surface area contributed by atoms with Gasteiger partial charge in [-0.25, -0.2) is 0 Å². The van der Waals surface area contributed by atoms with Gasteiger partial charge in [0.15, 0.2) is 0 Å². The predicted molar refractivity (Wildman–Crippen MR) is 57.1 cm³/mol. The highest BCUT2D eigenvalue weighted by Gasteiger charge is 2.33. The maximum absolute atomic E-state index is 6.30. The summed E-state index contributed by atoms with van der Waals surface area (Å²) in [5.41, 5.74) is 0. The largest absolute Gasteiger partial charge is 0.477 e. The summed E-state index contributed by atoms with van der Waals surface area (Å²) < 4.78 is 3.71. The average Bonchev–Trinajstić information content (AvgIpc) is 2.78. The molecule has 2 nitrogen and oxygen atoms in total. The third-order valence-corrected chi connectivity index (χ3v) is 6.01. The summed E-state index contributed by atoms with van der Waals surface area (Å²) in [6.45, 7) is 0. The van der Waals surface area contributed by atoms with Crippen LogP contribution in [0.5, 0.6) is 0 Å². The van der Waals surface area contributed by atoms with Crippen LogP contribution in [0.1, 0.15) is 0 Å². The molecule has 2 aromatic heterocycles. The van der Waals surface area contributed by atoms with E-state index >= 15 is 0 Å². The quantitative estimate of drug-likeness (QED) is 0.555. The molecule has 68 valence electrons. The van der Waals surface area contributed by atoms with Gasteiger partial charge in [-0.3, -0.25) is 0 Å². The minimum atomic E-state index is -2.57. The van der Waals surface area contributed by atoms with E-state index in [4.69, 9.17) is 22.2 Å². The van der Waals surface area contributed by atoms with Gasteiger partial charge in [0, 0.05) is 0 Å². The van der Waals surface area contributed by atoms with Crippen LogP contribution in [-0.4, -0.2) is 15.5 Å². The molecule has 0 N–H and O–H groups in total. The first kappa shape index (κ1) is 8.93. The summed E-state index contributed by atoms with van der Waals surface area (Å²) in [4.78, 5) is 0. The Hall–Kier alpha value is -0.643. The van der Waals surface area contributed by atoms with E-state index in [-0.39, 0.29) is 0 Å². The van der Waals surface area contributed by atoms with Gasteiger partial charge in [-0.1, -0.05) is 22.2 Å². The van der Waals surface area contributed by atoms with Crippen molar-refractivity contribution in [2.45, 2.75) is 0 Å². The number of rotatable bonds is 2. The van der Waals surface area contributed by atoms with Gasteiger partial charge in [0.25, 0.3) is 0 Å². The second kappa shape index (κ2) is 3.25. The highest BCUT2D eigenvalue weighted by Crippen LogP contribution is 2.20. The molecule has 0 amide bonds. The Labute approximate surface area is 86.9 Å². The van der Waals surface area contributed by atoms with E-state index in [1.54, 1.807) is 0 Å². The van der Waals surface area contributed by atoms with Crippen molar-refractivity contribution in [1.29, 1.82) is 0 Å². The highest BCUT2D eigenvalue weighted by molar-refractivity contribution is 7.43. The number of hydrogen-bond donors (Lipinski definition) is 0. The van der Waals surface area contributed by atoms with Crippen LogP contribution in [0.3, 0.4) is 0 Å². The van der Waals surface area contributed by atoms with Gasteiger partial charge in [-0.2, -0.15) is 0 Å². The summed E-state index contributed by atoms with van der Waals surface area (Å²) >= 11 is 12.6. The zero-order valence-electron chi connectivity index (χ0n) is 6.77. The molecule has 0 spiro atoms. The first-order chi connectivity index (χ1) is 6.21. The number of nitrogens with zero attached hydrogens (tertiary/aromatic N) is 2. The summed E-state index contributed by atoms with van der Waals surface area (Å²) in [5, 5.41) is 0. The van der Waals surface area contributed by atoms with E-state index in [2.05, 4.69) is 0 Å². The SMILES string of the molecule is Cl[Si](Cl)(n1cccc1)n1cccc1. The zero-order valence-corrected chi connectivity index (χ0v) is 9.28. The van der Waals surface area contributed by atoms with Crippen molar-refractivity contribution in [2.75, 3.05) is 0 Å². The van der Waals surface area contributed by atoms with Crippen molar-refractivity contribution in [3.8, 4) is 0 Å². The van der Waals surface area contributed by atoms with Gasteiger partial charge < -0.3 is 8.47 Å². The van der Waals surface area contributed by atoms with Crippen molar-refractivity contribution >= 4 is 29.2 Å². The third-order valence-electron chi connectivity index (χ3n) is 1.83. The first-order valence-corrected chi connectivity index (χ1v) is 7.78. The van der Waals surface area contributed by atoms with Gasteiger partial charge in [-0.15, -0.1) is 0 Å². The van der Waals surface area contributed by atoms with E-state index in [0.717, 1.165) is 0 Å².